The first-order chi connectivity index (χ1) is 18.7. The van der Waals surface area contributed by atoms with Crippen LogP contribution in [-0.4, -0.2) is 56.6 Å². The minimum atomic E-state index is -5.04. The molecule has 0 fully saturated rings. The summed E-state index contributed by atoms with van der Waals surface area (Å²) in [5.41, 5.74) is -1.77. The second-order valence-electron chi connectivity index (χ2n) is 8.87. The number of rotatable bonds is 8. The topological polar surface area (TPSA) is 114 Å². The summed E-state index contributed by atoms with van der Waals surface area (Å²) < 4.78 is 80.3. The van der Waals surface area contributed by atoms with Crippen LogP contribution in [0.1, 0.15) is 17.2 Å². The summed E-state index contributed by atoms with van der Waals surface area (Å²) in [6, 6.07) is 8.29. The van der Waals surface area contributed by atoms with Crippen LogP contribution < -0.4 is 16.3 Å². The zero-order valence-corrected chi connectivity index (χ0v) is 21.0. The molecule has 2 heterocycles. The van der Waals surface area contributed by atoms with E-state index in [2.05, 4.69) is 20.7 Å². The van der Waals surface area contributed by atoms with Crippen molar-refractivity contribution in [1.82, 2.24) is 25.0 Å². The van der Waals surface area contributed by atoms with Gasteiger partial charge in [0.15, 0.2) is 11.9 Å². The molecule has 3 aromatic rings. The second kappa shape index (κ2) is 11.3. The number of aromatic nitrogens is 3. The Hall–Kier alpha value is -3.85. The number of carbonyl (C=O) groups is 1. The number of aliphatic imine (C=N–C) groups is 1. The third kappa shape index (κ3) is 6.65. The number of benzene rings is 2. The van der Waals surface area contributed by atoms with E-state index in [0.29, 0.717) is 14.3 Å². The average Bonchev–Trinajstić information content (AvgIpc) is 3.51. The molecule has 16 heteroatoms. The standard InChI is InChI=1S/C24H21ClF6N6O3/c25-16-6-4-13(5-7-16)21-35-37(22(40)36(21)10-18(38)24(29,30)31)11-19(39)34-20(17-9-32-12-33-17)14-2-1-3-15(8-14)23(26,27)28/h1-8,12,17-18,20,38H,9-11H2,(H,32,33)(H,34,39)/t17?,18-,20?/m0/s1. The number of hydrogen-bond donors (Lipinski definition) is 3. The predicted octanol–water partition coefficient (Wildman–Crippen LogP) is 3.16. The van der Waals surface area contributed by atoms with Gasteiger partial charge in [-0.05, 0) is 42.0 Å². The quantitative estimate of drug-likeness (QED) is 0.349. The monoisotopic (exact) mass is 590 g/mol. The molecule has 1 amide bonds. The summed E-state index contributed by atoms with van der Waals surface area (Å²) in [5.74, 6) is -1.13. The second-order valence-corrected chi connectivity index (χ2v) is 9.31. The van der Waals surface area contributed by atoms with Crippen molar-refractivity contribution in [2.45, 2.75) is 43.6 Å². The van der Waals surface area contributed by atoms with Crippen LogP contribution >= 0.6 is 11.6 Å². The van der Waals surface area contributed by atoms with Crippen LogP contribution in [0.3, 0.4) is 0 Å². The number of halogens is 7. The first-order valence-electron chi connectivity index (χ1n) is 11.6. The van der Waals surface area contributed by atoms with E-state index in [9.17, 15) is 41.0 Å². The lowest BCUT2D eigenvalue weighted by atomic mass is 9.97. The molecule has 4 rings (SSSR count). The predicted molar refractivity (Wildman–Crippen MR) is 132 cm³/mol. The molecule has 3 N–H and O–H groups in total. The first kappa shape index (κ1) is 29.1. The molecule has 40 heavy (non-hydrogen) atoms. The number of hydrogen-bond acceptors (Lipinski definition) is 6. The largest absolute Gasteiger partial charge is 0.416 e. The molecule has 2 aromatic carbocycles. The summed E-state index contributed by atoms with van der Waals surface area (Å²) in [5, 5.41) is 19.3. The van der Waals surface area contributed by atoms with Crippen molar-refractivity contribution in [3.63, 3.8) is 0 Å². The Labute approximate surface area is 227 Å². The Balaban J connectivity index is 1.64. The minimum Gasteiger partial charge on any atom is -0.382 e. The highest BCUT2D eigenvalue weighted by molar-refractivity contribution is 6.30. The smallest absolute Gasteiger partial charge is 0.382 e. The highest BCUT2D eigenvalue weighted by atomic mass is 35.5. The van der Waals surface area contributed by atoms with Gasteiger partial charge in [-0.15, -0.1) is 5.10 Å². The number of nitrogens with one attached hydrogen (secondary N) is 2. The van der Waals surface area contributed by atoms with E-state index in [1.807, 2.05) is 0 Å². The van der Waals surface area contributed by atoms with Gasteiger partial charge in [0.1, 0.15) is 6.54 Å². The zero-order chi connectivity index (χ0) is 29.2. The Kier molecular flexibility index (Phi) is 8.25. The number of aliphatic hydroxyl groups is 1. The fourth-order valence-electron chi connectivity index (χ4n) is 4.05. The van der Waals surface area contributed by atoms with Crippen LogP contribution in [0.25, 0.3) is 11.4 Å². The lowest BCUT2D eigenvalue weighted by Gasteiger charge is -2.25. The highest BCUT2D eigenvalue weighted by Gasteiger charge is 2.39. The van der Waals surface area contributed by atoms with Crippen LogP contribution in [0, 0.1) is 0 Å². The summed E-state index contributed by atoms with van der Waals surface area (Å²) in [6.07, 6.45) is -11.2. The van der Waals surface area contributed by atoms with E-state index in [4.69, 9.17) is 11.6 Å². The molecule has 0 aliphatic carbocycles. The number of alkyl halides is 6. The van der Waals surface area contributed by atoms with Gasteiger partial charge in [0.05, 0.1) is 37.1 Å². The molecule has 0 saturated carbocycles. The number of aliphatic hydroxyl groups excluding tert-OH is 1. The molecule has 0 bridgehead atoms. The van der Waals surface area contributed by atoms with E-state index in [0.717, 1.165) is 12.1 Å². The van der Waals surface area contributed by atoms with Crippen LogP contribution in [0.5, 0.6) is 0 Å². The molecule has 1 aromatic heterocycles. The Morgan fingerprint density at radius 3 is 2.45 bits per heavy atom. The van der Waals surface area contributed by atoms with Crippen LogP contribution in [-0.2, 0) is 24.1 Å². The maximum absolute atomic E-state index is 13.3. The normalized spacial score (nSPS) is 16.9. The Bertz CT molecular complexity index is 1440. The van der Waals surface area contributed by atoms with Gasteiger partial charge in [0.25, 0.3) is 0 Å². The van der Waals surface area contributed by atoms with Crippen molar-refractivity contribution in [2.24, 2.45) is 4.99 Å². The Morgan fingerprint density at radius 1 is 1.15 bits per heavy atom. The molecular weight excluding hydrogens is 570 g/mol. The van der Waals surface area contributed by atoms with Crippen LogP contribution in [0.15, 0.2) is 58.3 Å². The fraction of sp³-hybridized carbons (Fsp3) is 0.333. The summed E-state index contributed by atoms with van der Waals surface area (Å²) in [4.78, 5) is 30.0. The SMILES string of the molecule is O=C(Cn1nc(-c2ccc(Cl)cc2)n(C[C@H](O)C(F)(F)F)c1=O)NC(c1cccc(C(F)(F)F)c1)C1CN=CN1. The van der Waals surface area contributed by atoms with E-state index < -0.39 is 60.8 Å². The number of carbonyl (C=O) groups excluding carboxylic acids is 1. The van der Waals surface area contributed by atoms with Gasteiger partial charge < -0.3 is 15.7 Å². The molecule has 0 spiro atoms. The average molecular weight is 591 g/mol. The van der Waals surface area contributed by atoms with Crippen LogP contribution in [0.2, 0.25) is 5.02 Å². The van der Waals surface area contributed by atoms with Gasteiger partial charge >= 0.3 is 18.0 Å². The maximum Gasteiger partial charge on any atom is 0.416 e. The van der Waals surface area contributed by atoms with Crippen LogP contribution in [0.4, 0.5) is 26.3 Å². The maximum atomic E-state index is 13.3. The van der Waals surface area contributed by atoms with Crippen molar-refractivity contribution >= 4 is 23.8 Å². The Morgan fingerprint density at radius 2 is 1.85 bits per heavy atom. The molecule has 3 atom stereocenters. The lowest BCUT2D eigenvalue weighted by molar-refractivity contribution is -0.207. The van der Waals surface area contributed by atoms with Gasteiger partial charge in [0.2, 0.25) is 5.91 Å². The van der Waals surface area contributed by atoms with E-state index in [-0.39, 0.29) is 23.5 Å². The molecule has 214 valence electrons. The zero-order valence-electron chi connectivity index (χ0n) is 20.2. The molecule has 9 nitrogen and oxygen atoms in total. The molecule has 2 unspecified atom stereocenters. The molecule has 0 saturated heterocycles. The number of nitrogens with zero attached hydrogens (tertiary/aromatic N) is 4. The van der Waals surface area contributed by atoms with Gasteiger partial charge in [-0.1, -0.05) is 23.7 Å². The fourth-order valence-corrected chi connectivity index (χ4v) is 4.17. The third-order valence-corrected chi connectivity index (χ3v) is 6.28. The lowest BCUT2D eigenvalue weighted by Crippen LogP contribution is -2.44. The molecular formula is C24H21ClF6N6O3. The molecule has 1 aliphatic heterocycles. The summed E-state index contributed by atoms with van der Waals surface area (Å²) in [7, 11) is 0. The van der Waals surface area contributed by atoms with E-state index in [1.165, 1.54) is 42.7 Å². The van der Waals surface area contributed by atoms with Crippen molar-refractivity contribution in [1.29, 1.82) is 0 Å². The van der Waals surface area contributed by atoms with E-state index in [1.54, 1.807) is 0 Å². The van der Waals surface area contributed by atoms with Crippen molar-refractivity contribution in [3.8, 4) is 11.4 Å². The van der Waals surface area contributed by atoms with Gasteiger partial charge in [-0.25, -0.2) is 9.48 Å². The molecule has 1 aliphatic rings. The van der Waals surface area contributed by atoms with Gasteiger partial charge in [0, 0.05) is 10.6 Å². The van der Waals surface area contributed by atoms with Crippen molar-refractivity contribution in [2.75, 3.05) is 6.54 Å². The molecule has 0 radical (unpaired) electrons. The number of amides is 1. The summed E-state index contributed by atoms with van der Waals surface area (Å²) >= 11 is 5.86. The highest BCUT2D eigenvalue weighted by Crippen LogP contribution is 2.31. The summed E-state index contributed by atoms with van der Waals surface area (Å²) in [6.45, 7) is -1.85. The minimum absolute atomic E-state index is 0.110. The van der Waals surface area contributed by atoms with Crippen molar-refractivity contribution < 1.29 is 36.2 Å². The van der Waals surface area contributed by atoms with Gasteiger partial charge in [-0.3, -0.25) is 14.4 Å². The van der Waals surface area contributed by atoms with E-state index >= 15 is 0 Å². The van der Waals surface area contributed by atoms with Crippen molar-refractivity contribution in [3.05, 3.63) is 75.2 Å². The third-order valence-electron chi connectivity index (χ3n) is 6.03. The first-order valence-corrected chi connectivity index (χ1v) is 12.0. The van der Waals surface area contributed by atoms with Gasteiger partial charge in [-0.2, -0.15) is 26.3 Å².